The quantitative estimate of drug-likeness (QED) is 0.909. The molecule has 0 radical (unpaired) electrons. The molecule has 0 saturated heterocycles. The van der Waals surface area contributed by atoms with Gasteiger partial charge in [0.1, 0.15) is 0 Å². The molecule has 1 aliphatic rings. The summed E-state index contributed by atoms with van der Waals surface area (Å²) in [7, 11) is 0. The van der Waals surface area contributed by atoms with Crippen LogP contribution in [0.1, 0.15) is 43.2 Å². The summed E-state index contributed by atoms with van der Waals surface area (Å²) < 4.78 is 2.21. The van der Waals surface area contributed by atoms with Gasteiger partial charge in [-0.05, 0) is 25.3 Å². The summed E-state index contributed by atoms with van der Waals surface area (Å²) in [5.74, 6) is 1.01. The lowest BCUT2D eigenvalue weighted by Gasteiger charge is -2.23. The lowest BCUT2D eigenvalue weighted by molar-refractivity contribution is 0.459. The molecule has 1 heterocycles. The first kappa shape index (κ1) is 13.2. The summed E-state index contributed by atoms with van der Waals surface area (Å²) in [6.45, 7) is 3.02. The molecule has 1 N–H and O–H groups in total. The van der Waals surface area contributed by atoms with Crippen molar-refractivity contribution in [1.29, 1.82) is 0 Å². The van der Waals surface area contributed by atoms with Crippen molar-refractivity contribution in [2.45, 2.75) is 51.6 Å². The lowest BCUT2D eigenvalue weighted by Crippen LogP contribution is -2.24. The number of aryl methyl sites for hydroxylation is 1. The molecule has 1 fully saturated rings. The molecule has 3 rings (SSSR count). The topological polar surface area (TPSA) is 29.9 Å². The van der Waals surface area contributed by atoms with Gasteiger partial charge >= 0.3 is 0 Å². The Hall–Kier alpha value is -1.77. The Balaban J connectivity index is 1.69. The van der Waals surface area contributed by atoms with Crippen molar-refractivity contribution in [2.75, 3.05) is 5.32 Å². The lowest BCUT2D eigenvalue weighted by atomic mass is 9.96. The normalized spacial score (nSPS) is 16.2. The summed E-state index contributed by atoms with van der Waals surface area (Å²) in [5.41, 5.74) is 2.64. The summed E-state index contributed by atoms with van der Waals surface area (Å²) >= 11 is 0. The van der Waals surface area contributed by atoms with Gasteiger partial charge in [-0.3, -0.25) is 0 Å². The number of nitrogens with zero attached hydrogens (tertiary/aromatic N) is 2. The van der Waals surface area contributed by atoms with Gasteiger partial charge in [0.2, 0.25) is 5.95 Å². The van der Waals surface area contributed by atoms with Crippen molar-refractivity contribution < 1.29 is 0 Å². The maximum atomic E-state index is 4.48. The van der Waals surface area contributed by atoms with Crippen molar-refractivity contribution in [3.8, 4) is 0 Å². The molecule has 0 amide bonds. The van der Waals surface area contributed by atoms with Crippen molar-refractivity contribution in [2.24, 2.45) is 0 Å². The van der Waals surface area contributed by atoms with E-state index in [4.69, 9.17) is 0 Å². The summed E-state index contributed by atoms with van der Waals surface area (Å²) in [5, 5.41) is 3.62. The maximum Gasteiger partial charge on any atom is 0.203 e. The molecule has 1 aromatic carbocycles. The summed E-state index contributed by atoms with van der Waals surface area (Å²) in [4.78, 5) is 4.48. The molecule has 0 unspecified atom stereocenters. The van der Waals surface area contributed by atoms with Crippen LogP contribution >= 0.6 is 0 Å². The van der Waals surface area contributed by atoms with E-state index in [1.165, 1.54) is 43.2 Å². The van der Waals surface area contributed by atoms with Crippen LogP contribution in [0.25, 0.3) is 0 Å². The Labute approximate surface area is 121 Å². The molecule has 20 heavy (non-hydrogen) atoms. The molecule has 3 nitrogen and oxygen atoms in total. The molecule has 3 heteroatoms. The van der Waals surface area contributed by atoms with E-state index in [9.17, 15) is 0 Å². The largest absolute Gasteiger partial charge is 0.353 e. The highest BCUT2D eigenvalue weighted by molar-refractivity contribution is 5.30. The van der Waals surface area contributed by atoms with Gasteiger partial charge in [0.05, 0.1) is 6.54 Å². The van der Waals surface area contributed by atoms with Crippen LogP contribution in [0.5, 0.6) is 0 Å². The van der Waals surface area contributed by atoms with E-state index in [-0.39, 0.29) is 0 Å². The molecule has 0 aliphatic heterocycles. The number of aromatic nitrogens is 2. The Morgan fingerprint density at radius 1 is 1.25 bits per heavy atom. The number of hydrogen-bond donors (Lipinski definition) is 1. The third-order valence-corrected chi connectivity index (χ3v) is 4.09. The number of benzene rings is 1. The van der Waals surface area contributed by atoms with E-state index in [0.717, 1.165) is 12.5 Å². The zero-order valence-corrected chi connectivity index (χ0v) is 12.2. The summed E-state index contributed by atoms with van der Waals surface area (Å²) in [6.07, 6.45) is 10.6. The van der Waals surface area contributed by atoms with Crippen LogP contribution in [-0.4, -0.2) is 15.6 Å². The average Bonchev–Trinajstić information content (AvgIpc) is 2.87. The molecular formula is C17H23N3. The predicted octanol–water partition coefficient (Wildman–Crippen LogP) is 3.98. The van der Waals surface area contributed by atoms with E-state index in [1.807, 2.05) is 6.20 Å². The van der Waals surface area contributed by atoms with Gasteiger partial charge in [-0.25, -0.2) is 4.98 Å². The van der Waals surface area contributed by atoms with Crippen molar-refractivity contribution in [3.63, 3.8) is 0 Å². The van der Waals surface area contributed by atoms with E-state index >= 15 is 0 Å². The number of hydrogen-bond acceptors (Lipinski definition) is 2. The Kier molecular flexibility index (Phi) is 4.05. The molecule has 2 aromatic rings. The van der Waals surface area contributed by atoms with E-state index in [2.05, 4.69) is 52.3 Å². The van der Waals surface area contributed by atoms with Crippen LogP contribution in [0.3, 0.4) is 0 Å². The molecule has 1 aliphatic carbocycles. The van der Waals surface area contributed by atoms with Gasteiger partial charge in [-0.2, -0.15) is 0 Å². The SMILES string of the molecule is Cc1cccc(Cn2ccnc2NC2CCCCC2)c1. The van der Waals surface area contributed by atoms with Crippen molar-refractivity contribution in [1.82, 2.24) is 9.55 Å². The highest BCUT2D eigenvalue weighted by Crippen LogP contribution is 2.21. The van der Waals surface area contributed by atoms with Crippen LogP contribution in [-0.2, 0) is 6.54 Å². The minimum Gasteiger partial charge on any atom is -0.353 e. The molecule has 0 bridgehead atoms. The van der Waals surface area contributed by atoms with Crippen molar-refractivity contribution in [3.05, 3.63) is 47.8 Å². The fraction of sp³-hybridized carbons (Fsp3) is 0.471. The molecule has 1 saturated carbocycles. The van der Waals surface area contributed by atoms with Gasteiger partial charge in [0, 0.05) is 18.4 Å². The minimum atomic E-state index is 0.599. The third kappa shape index (κ3) is 3.21. The van der Waals surface area contributed by atoms with Crippen molar-refractivity contribution >= 4 is 5.95 Å². The van der Waals surface area contributed by atoms with E-state index in [1.54, 1.807) is 0 Å². The van der Waals surface area contributed by atoms with Crippen LogP contribution in [0.4, 0.5) is 5.95 Å². The Morgan fingerprint density at radius 2 is 2.10 bits per heavy atom. The highest BCUT2D eigenvalue weighted by Gasteiger charge is 2.15. The zero-order valence-electron chi connectivity index (χ0n) is 12.2. The Morgan fingerprint density at radius 3 is 2.90 bits per heavy atom. The van der Waals surface area contributed by atoms with Crippen LogP contribution < -0.4 is 5.32 Å². The number of rotatable bonds is 4. The smallest absolute Gasteiger partial charge is 0.203 e. The van der Waals surface area contributed by atoms with Gasteiger partial charge < -0.3 is 9.88 Å². The number of imidazole rings is 1. The molecule has 0 atom stereocenters. The second kappa shape index (κ2) is 6.12. The second-order valence-electron chi connectivity index (χ2n) is 5.85. The second-order valence-corrected chi connectivity index (χ2v) is 5.85. The molecule has 106 valence electrons. The Bertz CT molecular complexity index is 553. The number of nitrogens with one attached hydrogen (secondary N) is 1. The van der Waals surface area contributed by atoms with E-state index < -0.39 is 0 Å². The number of anilines is 1. The monoisotopic (exact) mass is 269 g/mol. The third-order valence-electron chi connectivity index (χ3n) is 4.09. The summed E-state index contributed by atoms with van der Waals surface area (Å²) in [6, 6.07) is 9.28. The van der Waals surface area contributed by atoms with Gasteiger partial charge in [-0.15, -0.1) is 0 Å². The molecule has 1 aromatic heterocycles. The zero-order chi connectivity index (χ0) is 13.8. The molecular weight excluding hydrogens is 246 g/mol. The first-order valence-corrected chi connectivity index (χ1v) is 7.64. The van der Waals surface area contributed by atoms with Crippen LogP contribution in [0, 0.1) is 6.92 Å². The standard InChI is InChI=1S/C17H23N3/c1-14-6-5-7-15(12-14)13-20-11-10-18-17(20)19-16-8-3-2-4-9-16/h5-7,10-12,16H,2-4,8-9,13H2,1H3,(H,18,19). The minimum absolute atomic E-state index is 0.599. The predicted molar refractivity (Wildman–Crippen MR) is 83.0 cm³/mol. The molecule has 0 spiro atoms. The fourth-order valence-corrected chi connectivity index (χ4v) is 3.01. The van der Waals surface area contributed by atoms with Crippen LogP contribution in [0.2, 0.25) is 0 Å². The average molecular weight is 269 g/mol. The highest BCUT2D eigenvalue weighted by atomic mass is 15.2. The van der Waals surface area contributed by atoms with Gasteiger partial charge in [0.15, 0.2) is 0 Å². The van der Waals surface area contributed by atoms with Crippen LogP contribution in [0.15, 0.2) is 36.7 Å². The van der Waals surface area contributed by atoms with E-state index in [0.29, 0.717) is 6.04 Å². The first-order chi connectivity index (χ1) is 9.81. The fourth-order valence-electron chi connectivity index (χ4n) is 3.01. The van der Waals surface area contributed by atoms with Gasteiger partial charge in [0.25, 0.3) is 0 Å². The maximum absolute atomic E-state index is 4.48. The first-order valence-electron chi connectivity index (χ1n) is 7.64. The van der Waals surface area contributed by atoms with Gasteiger partial charge in [-0.1, -0.05) is 49.1 Å².